The van der Waals surface area contributed by atoms with Crippen LogP contribution in [0.4, 0.5) is 13.6 Å². The summed E-state index contributed by atoms with van der Waals surface area (Å²) in [5.41, 5.74) is -2.90. The van der Waals surface area contributed by atoms with Gasteiger partial charge in [0.2, 0.25) is 0 Å². The van der Waals surface area contributed by atoms with Crippen molar-refractivity contribution in [1.82, 2.24) is 5.32 Å². The zero-order valence-corrected chi connectivity index (χ0v) is 13.6. The Morgan fingerprint density at radius 3 is 2.62 bits per heavy atom. The Balaban J connectivity index is 2.49. The maximum Gasteiger partial charge on any atom is 0.408 e. The van der Waals surface area contributed by atoms with Crippen molar-refractivity contribution in [3.05, 3.63) is 35.4 Å². The summed E-state index contributed by atoms with van der Waals surface area (Å²) in [6.45, 7) is 4.32. The third-order valence-corrected chi connectivity index (χ3v) is 3.66. The van der Waals surface area contributed by atoms with E-state index in [9.17, 15) is 23.5 Å². The molecular formula is C16H19F2NO5. The predicted molar refractivity (Wildman–Crippen MR) is 79.4 cm³/mol. The van der Waals surface area contributed by atoms with Crippen molar-refractivity contribution in [2.45, 2.75) is 31.9 Å². The summed E-state index contributed by atoms with van der Waals surface area (Å²) in [4.78, 5) is 23.7. The second kappa shape index (κ2) is 6.35. The lowest BCUT2D eigenvalue weighted by Crippen LogP contribution is -2.55. The number of nitrogens with one attached hydrogen (secondary N) is 1. The minimum absolute atomic E-state index is 0.249. The number of hydrogen-bond acceptors (Lipinski definition) is 4. The highest BCUT2D eigenvalue weighted by molar-refractivity contribution is 5.76. The van der Waals surface area contributed by atoms with E-state index in [0.717, 1.165) is 6.07 Å². The van der Waals surface area contributed by atoms with Gasteiger partial charge in [0.05, 0.1) is 13.2 Å². The van der Waals surface area contributed by atoms with Gasteiger partial charge < -0.3 is 19.9 Å². The van der Waals surface area contributed by atoms with Crippen LogP contribution in [0.15, 0.2) is 18.2 Å². The fourth-order valence-corrected chi connectivity index (χ4v) is 2.65. The van der Waals surface area contributed by atoms with Crippen LogP contribution >= 0.6 is 0 Å². The lowest BCUT2D eigenvalue weighted by Gasteiger charge is -2.34. The van der Waals surface area contributed by atoms with Crippen molar-refractivity contribution < 1.29 is 33.0 Å². The summed E-state index contributed by atoms with van der Waals surface area (Å²) in [5.74, 6) is -4.97. The molecule has 1 aromatic rings. The molecule has 2 atom stereocenters. The Morgan fingerprint density at radius 2 is 2.04 bits per heavy atom. The van der Waals surface area contributed by atoms with Gasteiger partial charge in [-0.25, -0.2) is 13.6 Å². The van der Waals surface area contributed by atoms with E-state index in [1.807, 2.05) is 0 Å². The molecule has 0 radical (unpaired) electrons. The van der Waals surface area contributed by atoms with E-state index in [2.05, 4.69) is 5.32 Å². The van der Waals surface area contributed by atoms with Crippen molar-refractivity contribution in [2.75, 3.05) is 13.2 Å². The van der Waals surface area contributed by atoms with Gasteiger partial charge in [0.25, 0.3) is 0 Å². The van der Waals surface area contributed by atoms with E-state index in [-0.39, 0.29) is 18.8 Å². The van der Waals surface area contributed by atoms with E-state index < -0.39 is 40.8 Å². The Morgan fingerprint density at radius 1 is 1.38 bits per heavy atom. The Kier molecular flexibility index (Phi) is 4.80. The summed E-state index contributed by atoms with van der Waals surface area (Å²) in [7, 11) is 0. The maximum absolute atomic E-state index is 14.3. The van der Waals surface area contributed by atoms with Crippen LogP contribution in [0.25, 0.3) is 0 Å². The third-order valence-electron chi connectivity index (χ3n) is 3.66. The van der Waals surface area contributed by atoms with Crippen LogP contribution in [0, 0.1) is 17.6 Å². The molecule has 0 unspecified atom stereocenters. The van der Waals surface area contributed by atoms with Gasteiger partial charge in [0.1, 0.15) is 17.1 Å². The number of aliphatic carboxylic acids is 1. The first kappa shape index (κ1) is 18.1. The molecule has 0 bridgehead atoms. The summed E-state index contributed by atoms with van der Waals surface area (Å²) in [5, 5.41) is 11.8. The second-order valence-electron chi connectivity index (χ2n) is 6.61. The van der Waals surface area contributed by atoms with E-state index in [1.165, 1.54) is 12.1 Å². The second-order valence-corrected chi connectivity index (χ2v) is 6.61. The van der Waals surface area contributed by atoms with Gasteiger partial charge in [-0.15, -0.1) is 0 Å². The zero-order chi connectivity index (χ0) is 18.1. The summed E-state index contributed by atoms with van der Waals surface area (Å²) >= 11 is 0. The highest BCUT2D eigenvalue weighted by Gasteiger charge is 2.53. The molecular weight excluding hydrogens is 324 g/mol. The number of carboxylic acids is 1. The van der Waals surface area contributed by atoms with E-state index in [1.54, 1.807) is 20.8 Å². The van der Waals surface area contributed by atoms with Crippen LogP contribution in [0.2, 0.25) is 0 Å². The van der Waals surface area contributed by atoms with Crippen molar-refractivity contribution in [3.63, 3.8) is 0 Å². The zero-order valence-electron chi connectivity index (χ0n) is 13.6. The highest BCUT2D eigenvalue weighted by atomic mass is 19.2. The smallest absolute Gasteiger partial charge is 0.408 e. The molecule has 1 aliphatic rings. The minimum atomic E-state index is -1.76. The number of benzene rings is 1. The van der Waals surface area contributed by atoms with Crippen molar-refractivity contribution >= 4 is 12.1 Å². The number of halogens is 2. The number of carbonyl (C=O) groups excluding carboxylic acids is 1. The maximum atomic E-state index is 14.3. The fourth-order valence-electron chi connectivity index (χ4n) is 2.65. The van der Waals surface area contributed by atoms with E-state index in [4.69, 9.17) is 9.47 Å². The molecule has 2 rings (SSSR count). The third kappa shape index (κ3) is 3.48. The van der Waals surface area contributed by atoms with Crippen molar-refractivity contribution in [2.24, 2.45) is 5.92 Å². The van der Waals surface area contributed by atoms with Crippen LogP contribution in [-0.2, 0) is 19.8 Å². The van der Waals surface area contributed by atoms with E-state index in [0.29, 0.717) is 0 Å². The molecule has 2 N–H and O–H groups in total. The first-order valence-electron chi connectivity index (χ1n) is 7.33. The number of ether oxygens (including phenoxy) is 2. The molecule has 8 heteroatoms. The number of rotatable bonds is 3. The van der Waals surface area contributed by atoms with Crippen LogP contribution < -0.4 is 5.32 Å². The monoisotopic (exact) mass is 343 g/mol. The topological polar surface area (TPSA) is 84.9 Å². The molecule has 24 heavy (non-hydrogen) atoms. The number of alkyl carbamates (subject to hydrolysis) is 1. The van der Waals surface area contributed by atoms with E-state index >= 15 is 0 Å². The molecule has 1 aliphatic heterocycles. The van der Waals surface area contributed by atoms with Crippen LogP contribution in [0.3, 0.4) is 0 Å². The van der Waals surface area contributed by atoms with Gasteiger partial charge in [0.15, 0.2) is 11.6 Å². The number of carbonyl (C=O) groups is 2. The van der Waals surface area contributed by atoms with Gasteiger partial charge in [-0.05, 0) is 26.8 Å². The number of hydrogen-bond donors (Lipinski definition) is 2. The highest BCUT2D eigenvalue weighted by Crippen LogP contribution is 2.38. The minimum Gasteiger partial charge on any atom is -0.481 e. The van der Waals surface area contributed by atoms with Gasteiger partial charge >= 0.3 is 12.1 Å². The van der Waals surface area contributed by atoms with Crippen LogP contribution in [0.1, 0.15) is 26.3 Å². The van der Waals surface area contributed by atoms with Gasteiger partial charge in [0, 0.05) is 5.56 Å². The molecule has 132 valence electrons. The summed E-state index contributed by atoms with van der Waals surface area (Å²) in [6.07, 6.45) is -0.942. The molecule has 1 fully saturated rings. The fraction of sp³-hybridized carbons (Fsp3) is 0.500. The summed E-state index contributed by atoms with van der Waals surface area (Å²) < 4.78 is 38.2. The standard InChI is InChI=1S/C16H19F2NO5/c1-15(2,3)24-14(22)19-16(8-23-7-10(16)13(20)21)9-5-4-6-11(17)12(9)18/h4-6,10H,7-8H2,1-3H3,(H,19,22)(H,20,21)/t10-,16+/m0/s1. The molecule has 1 heterocycles. The number of amides is 1. The molecule has 0 spiro atoms. The van der Waals surface area contributed by atoms with Crippen LogP contribution in [-0.4, -0.2) is 36.0 Å². The number of carboxylic acid groups (broad SMARTS) is 1. The SMILES string of the molecule is CC(C)(C)OC(=O)N[C@@]1(c2cccc(F)c2F)COC[C@H]1C(=O)O. The molecule has 6 nitrogen and oxygen atoms in total. The summed E-state index contributed by atoms with van der Waals surface area (Å²) in [6, 6.07) is 3.37. The first-order chi connectivity index (χ1) is 11.1. The Bertz CT molecular complexity index is 658. The Labute approximate surface area is 137 Å². The molecule has 1 amide bonds. The largest absolute Gasteiger partial charge is 0.481 e. The average molecular weight is 343 g/mol. The molecule has 1 aromatic carbocycles. The molecule has 0 saturated carbocycles. The average Bonchev–Trinajstić information content (AvgIpc) is 2.84. The van der Waals surface area contributed by atoms with Gasteiger partial charge in [-0.2, -0.15) is 0 Å². The lowest BCUT2D eigenvalue weighted by molar-refractivity contribution is -0.143. The Hall–Kier alpha value is -2.22. The van der Waals surface area contributed by atoms with Gasteiger partial charge in [-0.1, -0.05) is 12.1 Å². The lowest BCUT2D eigenvalue weighted by atomic mass is 9.80. The quantitative estimate of drug-likeness (QED) is 0.880. The molecule has 0 aromatic heterocycles. The van der Waals surface area contributed by atoms with Gasteiger partial charge in [-0.3, -0.25) is 4.79 Å². The van der Waals surface area contributed by atoms with Crippen molar-refractivity contribution in [1.29, 1.82) is 0 Å². The molecule has 0 aliphatic carbocycles. The normalized spacial score (nSPS) is 23.8. The first-order valence-corrected chi connectivity index (χ1v) is 7.33. The molecule has 1 saturated heterocycles. The van der Waals surface area contributed by atoms with Crippen molar-refractivity contribution in [3.8, 4) is 0 Å². The predicted octanol–water partition coefficient (Wildman–Crippen LogP) is 2.42. The van der Waals surface area contributed by atoms with Crippen LogP contribution in [0.5, 0.6) is 0 Å².